The van der Waals surface area contributed by atoms with Crippen LogP contribution in [0, 0.1) is 22.0 Å². The molecule has 4 unspecified atom stereocenters. The van der Waals surface area contributed by atoms with E-state index in [-0.39, 0.29) is 33.9 Å². The zero-order valence-electron chi connectivity index (χ0n) is 15.9. The number of hydrogen-bond donors (Lipinski definition) is 2. The van der Waals surface area contributed by atoms with Crippen LogP contribution in [0.4, 0.5) is 11.4 Å². The minimum atomic E-state index is -3.90. The fraction of sp³-hybridized carbons (Fsp3) is 0.350. The number of aliphatic hydroxyl groups is 1. The molecule has 1 aromatic carbocycles. The Morgan fingerprint density at radius 3 is 2.60 bits per heavy atom. The summed E-state index contributed by atoms with van der Waals surface area (Å²) in [6.45, 7) is 0. The van der Waals surface area contributed by atoms with Crippen molar-refractivity contribution in [2.75, 3.05) is 5.32 Å². The Balaban J connectivity index is 1.62. The summed E-state index contributed by atoms with van der Waals surface area (Å²) in [5.74, 6) is 0.440. The average Bonchev–Trinajstić information content (AvgIpc) is 3.42. The van der Waals surface area contributed by atoms with E-state index in [1.165, 1.54) is 24.4 Å². The van der Waals surface area contributed by atoms with Gasteiger partial charge in [-0.2, -0.15) is 0 Å². The third-order valence-corrected chi connectivity index (χ3v) is 7.95. The highest BCUT2D eigenvalue weighted by Crippen LogP contribution is 2.47. The average molecular weight is 428 g/mol. The Bertz CT molecular complexity index is 1240. The molecule has 2 heterocycles. The Hall–Kier alpha value is -2.98. The van der Waals surface area contributed by atoms with Crippen molar-refractivity contribution in [3.63, 3.8) is 0 Å². The molecule has 10 heteroatoms. The number of anilines is 1. The lowest BCUT2D eigenvalue weighted by atomic mass is 9.92. The second-order valence-corrected chi connectivity index (χ2v) is 9.81. The monoisotopic (exact) mass is 428 g/mol. The summed E-state index contributed by atoms with van der Waals surface area (Å²) < 4.78 is 27.2. The van der Waals surface area contributed by atoms with Crippen molar-refractivity contribution in [1.29, 1.82) is 0 Å². The van der Waals surface area contributed by atoms with Crippen molar-refractivity contribution < 1.29 is 18.4 Å². The molecule has 2 aliphatic carbocycles. The summed E-state index contributed by atoms with van der Waals surface area (Å²) in [6.07, 6.45) is 4.52. The van der Waals surface area contributed by atoms with Gasteiger partial charge in [-0.15, -0.1) is 0 Å². The van der Waals surface area contributed by atoms with Crippen LogP contribution in [0.15, 0.2) is 53.7 Å². The standard InChI is InChI=1S/C20H20N4O5S/c25-18-10-12-8-15(18)16(9-12)22-19-14-6-7-23(20(14)21-11-17(19)24(26)27)30(28,29)13-4-2-1-3-5-13/h1-7,11-12,15-16,18,25H,8-10H2,(H,21,22). The number of nitrogens with zero attached hydrogens (tertiary/aromatic N) is 3. The Morgan fingerprint density at radius 1 is 1.17 bits per heavy atom. The van der Waals surface area contributed by atoms with E-state index in [4.69, 9.17) is 0 Å². The maximum atomic E-state index is 13.1. The third kappa shape index (κ3) is 2.86. The molecule has 0 aliphatic heterocycles. The van der Waals surface area contributed by atoms with Gasteiger partial charge in [0.25, 0.3) is 10.0 Å². The summed E-state index contributed by atoms with van der Waals surface area (Å²) in [5, 5.41) is 25.5. The van der Waals surface area contributed by atoms with Crippen LogP contribution >= 0.6 is 0 Å². The molecule has 5 rings (SSSR count). The van der Waals surface area contributed by atoms with E-state index in [0.29, 0.717) is 11.3 Å². The summed E-state index contributed by atoms with van der Waals surface area (Å²) in [7, 11) is -3.90. The molecule has 0 radical (unpaired) electrons. The minimum Gasteiger partial charge on any atom is -0.393 e. The lowest BCUT2D eigenvalue weighted by molar-refractivity contribution is -0.384. The number of nitro groups is 1. The molecule has 2 bridgehead atoms. The molecule has 156 valence electrons. The maximum absolute atomic E-state index is 13.1. The van der Waals surface area contributed by atoms with Crippen LogP contribution in [0.3, 0.4) is 0 Å². The highest BCUT2D eigenvalue weighted by molar-refractivity contribution is 7.90. The van der Waals surface area contributed by atoms with Crippen molar-refractivity contribution >= 4 is 32.4 Å². The van der Waals surface area contributed by atoms with Crippen LogP contribution in [-0.2, 0) is 10.0 Å². The minimum absolute atomic E-state index is 0.0351. The fourth-order valence-electron chi connectivity index (χ4n) is 4.91. The summed E-state index contributed by atoms with van der Waals surface area (Å²) in [6, 6.07) is 9.39. The van der Waals surface area contributed by atoms with E-state index in [0.717, 1.165) is 29.4 Å². The normalized spacial score (nSPS) is 25.6. The smallest absolute Gasteiger partial charge is 0.311 e. The largest absolute Gasteiger partial charge is 0.393 e. The zero-order valence-corrected chi connectivity index (χ0v) is 16.7. The Kier molecular flexibility index (Phi) is 4.30. The summed E-state index contributed by atoms with van der Waals surface area (Å²) >= 11 is 0. The number of pyridine rings is 1. The number of fused-ring (bicyclic) bond motifs is 3. The number of aromatic nitrogens is 2. The van der Waals surface area contributed by atoms with E-state index in [1.807, 2.05) is 0 Å². The first kappa shape index (κ1) is 19.0. The van der Waals surface area contributed by atoms with E-state index < -0.39 is 21.1 Å². The molecular weight excluding hydrogens is 408 g/mol. The molecule has 0 spiro atoms. The molecular formula is C20H20N4O5S. The van der Waals surface area contributed by atoms with Crippen molar-refractivity contribution in [2.45, 2.75) is 36.3 Å². The van der Waals surface area contributed by atoms with Crippen LogP contribution in [0.1, 0.15) is 19.3 Å². The molecule has 2 aliphatic rings. The number of nitrogens with one attached hydrogen (secondary N) is 1. The van der Waals surface area contributed by atoms with Crippen LogP contribution < -0.4 is 5.32 Å². The molecule has 4 atom stereocenters. The molecule has 2 N–H and O–H groups in total. The molecule has 9 nitrogen and oxygen atoms in total. The lowest BCUT2D eigenvalue weighted by Crippen LogP contribution is -2.34. The van der Waals surface area contributed by atoms with Gasteiger partial charge in [0.05, 0.1) is 21.3 Å². The van der Waals surface area contributed by atoms with Crippen LogP contribution in [0.25, 0.3) is 11.0 Å². The molecule has 0 saturated heterocycles. The van der Waals surface area contributed by atoms with Crippen molar-refractivity contribution in [2.24, 2.45) is 11.8 Å². The number of rotatable bonds is 5. The first-order valence-corrected chi connectivity index (χ1v) is 11.2. The van der Waals surface area contributed by atoms with E-state index in [9.17, 15) is 23.6 Å². The van der Waals surface area contributed by atoms with E-state index in [1.54, 1.807) is 18.2 Å². The van der Waals surface area contributed by atoms with Gasteiger partial charge in [-0.05, 0) is 43.4 Å². The first-order valence-electron chi connectivity index (χ1n) is 9.76. The topological polar surface area (TPSA) is 127 Å². The van der Waals surface area contributed by atoms with E-state index >= 15 is 0 Å². The molecule has 2 saturated carbocycles. The van der Waals surface area contributed by atoms with Crippen molar-refractivity contribution in [1.82, 2.24) is 8.96 Å². The van der Waals surface area contributed by atoms with Crippen LogP contribution in [-0.4, -0.2) is 39.5 Å². The molecule has 0 amide bonds. The molecule has 30 heavy (non-hydrogen) atoms. The van der Waals surface area contributed by atoms with Crippen molar-refractivity contribution in [3.8, 4) is 0 Å². The molecule has 2 fully saturated rings. The van der Waals surface area contributed by atoms with Gasteiger partial charge in [0.1, 0.15) is 11.9 Å². The SMILES string of the molecule is O=[N+]([O-])c1cnc2c(ccn2S(=O)(=O)c2ccccc2)c1NC1CC2CC(O)C1C2. The van der Waals surface area contributed by atoms with Crippen LogP contribution in [0.5, 0.6) is 0 Å². The second-order valence-electron chi connectivity index (χ2n) is 8.00. The number of aliphatic hydroxyl groups excluding tert-OH is 1. The van der Waals surface area contributed by atoms with Gasteiger partial charge in [0, 0.05) is 18.2 Å². The lowest BCUT2D eigenvalue weighted by Gasteiger charge is -2.27. The zero-order chi connectivity index (χ0) is 21.0. The van der Waals surface area contributed by atoms with E-state index in [2.05, 4.69) is 10.3 Å². The second kappa shape index (κ2) is 6.78. The predicted octanol–water partition coefficient (Wildman–Crippen LogP) is 2.75. The number of benzene rings is 1. The maximum Gasteiger partial charge on any atom is 0.311 e. The van der Waals surface area contributed by atoms with Crippen molar-refractivity contribution in [3.05, 3.63) is 58.9 Å². The first-order chi connectivity index (χ1) is 14.4. The Labute approximate surface area is 172 Å². The summed E-state index contributed by atoms with van der Waals surface area (Å²) in [5.41, 5.74) is 0.155. The number of hydrogen-bond acceptors (Lipinski definition) is 7. The third-order valence-electron chi connectivity index (χ3n) is 6.27. The molecule has 3 aromatic rings. The van der Waals surface area contributed by atoms with Gasteiger partial charge in [0.2, 0.25) is 0 Å². The quantitative estimate of drug-likeness (QED) is 0.472. The highest BCUT2D eigenvalue weighted by atomic mass is 32.2. The van der Waals surface area contributed by atoms with Gasteiger partial charge in [-0.1, -0.05) is 18.2 Å². The fourth-order valence-corrected chi connectivity index (χ4v) is 6.23. The van der Waals surface area contributed by atoms with Gasteiger partial charge < -0.3 is 10.4 Å². The predicted molar refractivity (Wildman–Crippen MR) is 110 cm³/mol. The Morgan fingerprint density at radius 2 is 1.93 bits per heavy atom. The van der Waals surface area contributed by atoms with Gasteiger partial charge in [-0.3, -0.25) is 10.1 Å². The van der Waals surface area contributed by atoms with Gasteiger partial charge >= 0.3 is 5.69 Å². The summed E-state index contributed by atoms with van der Waals surface area (Å²) in [4.78, 5) is 15.3. The van der Waals surface area contributed by atoms with Gasteiger partial charge in [-0.25, -0.2) is 17.4 Å². The molecule has 2 aromatic heterocycles. The highest BCUT2D eigenvalue weighted by Gasteiger charge is 2.46. The van der Waals surface area contributed by atoms with Gasteiger partial charge in [0.15, 0.2) is 5.65 Å². The van der Waals surface area contributed by atoms with Crippen LogP contribution in [0.2, 0.25) is 0 Å².